The van der Waals surface area contributed by atoms with E-state index in [2.05, 4.69) is 10.1 Å². The summed E-state index contributed by atoms with van der Waals surface area (Å²) in [6.07, 6.45) is 2.45. The Hall–Kier alpha value is -0.610. The van der Waals surface area contributed by atoms with E-state index in [1.807, 2.05) is 6.92 Å². The number of rotatable bonds is 4. The largest absolute Gasteiger partial charge is 0.468 e. The molecule has 0 radical (unpaired) electrons. The molecule has 1 heterocycles. The highest BCUT2D eigenvalue weighted by atomic mass is 16.5. The van der Waals surface area contributed by atoms with Crippen molar-refractivity contribution in [2.24, 2.45) is 0 Å². The van der Waals surface area contributed by atoms with Gasteiger partial charge in [-0.05, 0) is 19.8 Å². The maximum atomic E-state index is 10.8. The highest BCUT2D eigenvalue weighted by molar-refractivity contribution is 5.71. The molecule has 2 atom stereocenters. The summed E-state index contributed by atoms with van der Waals surface area (Å²) in [6.45, 7) is 3.13. The molecule has 13 heavy (non-hydrogen) atoms. The number of esters is 1. The SMILES string of the molecule is COC(=O)CNC(C)C1CCCO1. The Balaban J connectivity index is 2.16. The predicted molar refractivity (Wildman–Crippen MR) is 48.5 cm³/mol. The standard InChI is InChI=1S/C9H17NO3/c1-7(8-4-3-5-13-8)10-6-9(11)12-2/h7-8,10H,3-6H2,1-2H3. The van der Waals surface area contributed by atoms with Gasteiger partial charge in [-0.3, -0.25) is 4.79 Å². The Kier molecular flexibility index (Phi) is 4.18. The molecule has 1 rings (SSSR count). The van der Waals surface area contributed by atoms with E-state index in [-0.39, 0.29) is 24.7 Å². The Morgan fingerprint density at radius 1 is 1.77 bits per heavy atom. The molecule has 0 amide bonds. The molecule has 0 aromatic heterocycles. The van der Waals surface area contributed by atoms with E-state index in [0.29, 0.717) is 0 Å². The summed E-state index contributed by atoms with van der Waals surface area (Å²) >= 11 is 0. The summed E-state index contributed by atoms with van der Waals surface area (Å²) < 4.78 is 9.99. The van der Waals surface area contributed by atoms with Gasteiger partial charge in [-0.2, -0.15) is 0 Å². The van der Waals surface area contributed by atoms with Crippen LogP contribution in [0.2, 0.25) is 0 Å². The molecule has 1 N–H and O–H groups in total. The second kappa shape index (κ2) is 5.19. The molecule has 0 saturated carbocycles. The second-order valence-corrected chi connectivity index (χ2v) is 3.30. The number of hydrogen-bond donors (Lipinski definition) is 1. The Morgan fingerprint density at radius 3 is 3.08 bits per heavy atom. The zero-order valence-electron chi connectivity index (χ0n) is 8.21. The minimum absolute atomic E-state index is 0.224. The maximum Gasteiger partial charge on any atom is 0.319 e. The topological polar surface area (TPSA) is 47.6 Å². The van der Waals surface area contributed by atoms with Crippen LogP contribution in [-0.2, 0) is 14.3 Å². The van der Waals surface area contributed by atoms with Gasteiger partial charge in [-0.15, -0.1) is 0 Å². The molecule has 1 fully saturated rings. The van der Waals surface area contributed by atoms with Gasteiger partial charge >= 0.3 is 5.97 Å². The van der Waals surface area contributed by atoms with Crippen LogP contribution < -0.4 is 5.32 Å². The first-order chi connectivity index (χ1) is 6.24. The molecule has 0 spiro atoms. The number of hydrogen-bond acceptors (Lipinski definition) is 4. The van der Waals surface area contributed by atoms with Crippen LogP contribution in [-0.4, -0.2) is 38.4 Å². The molecule has 0 aromatic carbocycles. The smallest absolute Gasteiger partial charge is 0.319 e. The molecular weight excluding hydrogens is 170 g/mol. The van der Waals surface area contributed by atoms with Gasteiger partial charge in [0.25, 0.3) is 0 Å². The molecule has 1 aliphatic rings. The van der Waals surface area contributed by atoms with Crippen LogP contribution in [0.1, 0.15) is 19.8 Å². The maximum absolute atomic E-state index is 10.8. The lowest BCUT2D eigenvalue weighted by atomic mass is 10.1. The van der Waals surface area contributed by atoms with Crippen LogP contribution in [0.25, 0.3) is 0 Å². The van der Waals surface area contributed by atoms with E-state index >= 15 is 0 Å². The Labute approximate surface area is 78.6 Å². The first-order valence-electron chi connectivity index (χ1n) is 4.66. The zero-order valence-corrected chi connectivity index (χ0v) is 8.21. The predicted octanol–water partition coefficient (Wildman–Crippen LogP) is 0.316. The van der Waals surface area contributed by atoms with E-state index < -0.39 is 0 Å². The normalized spacial score (nSPS) is 24.3. The van der Waals surface area contributed by atoms with Gasteiger partial charge in [-0.25, -0.2) is 0 Å². The third-order valence-electron chi connectivity index (χ3n) is 2.32. The van der Waals surface area contributed by atoms with Gasteiger partial charge in [-0.1, -0.05) is 0 Å². The monoisotopic (exact) mass is 187 g/mol. The summed E-state index contributed by atoms with van der Waals surface area (Å²) in [7, 11) is 1.39. The summed E-state index contributed by atoms with van der Waals surface area (Å²) in [4.78, 5) is 10.8. The summed E-state index contributed by atoms with van der Waals surface area (Å²) in [5.74, 6) is -0.232. The third-order valence-corrected chi connectivity index (χ3v) is 2.32. The van der Waals surface area contributed by atoms with Crippen molar-refractivity contribution in [2.75, 3.05) is 20.3 Å². The van der Waals surface area contributed by atoms with Gasteiger partial charge in [0.2, 0.25) is 0 Å². The van der Waals surface area contributed by atoms with Crippen molar-refractivity contribution in [2.45, 2.75) is 31.9 Å². The minimum Gasteiger partial charge on any atom is -0.468 e. The fourth-order valence-electron chi connectivity index (χ4n) is 1.44. The van der Waals surface area contributed by atoms with Crippen LogP contribution in [0, 0.1) is 0 Å². The van der Waals surface area contributed by atoms with E-state index in [1.54, 1.807) is 0 Å². The van der Waals surface area contributed by atoms with E-state index in [0.717, 1.165) is 19.4 Å². The molecule has 4 heteroatoms. The lowest BCUT2D eigenvalue weighted by Crippen LogP contribution is -2.40. The van der Waals surface area contributed by atoms with Crippen LogP contribution >= 0.6 is 0 Å². The van der Waals surface area contributed by atoms with E-state index in [9.17, 15) is 4.79 Å². The van der Waals surface area contributed by atoms with Crippen LogP contribution in [0.15, 0.2) is 0 Å². The van der Waals surface area contributed by atoms with Crippen molar-refractivity contribution < 1.29 is 14.3 Å². The van der Waals surface area contributed by atoms with Crippen LogP contribution in [0.4, 0.5) is 0 Å². The lowest BCUT2D eigenvalue weighted by molar-refractivity contribution is -0.139. The number of carbonyl (C=O) groups excluding carboxylic acids is 1. The Bertz CT molecular complexity index is 166. The van der Waals surface area contributed by atoms with Gasteiger partial charge in [0.05, 0.1) is 19.8 Å². The molecule has 0 bridgehead atoms. The molecule has 1 aliphatic heterocycles. The van der Waals surface area contributed by atoms with Crippen molar-refractivity contribution >= 4 is 5.97 Å². The highest BCUT2D eigenvalue weighted by Crippen LogP contribution is 2.14. The first-order valence-corrected chi connectivity index (χ1v) is 4.66. The first kappa shape index (κ1) is 10.5. The van der Waals surface area contributed by atoms with Gasteiger partial charge in [0, 0.05) is 12.6 Å². The molecule has 4 nitrogen and oxygen atoms in total. The minimum atomic E-state index is -0.232. The van der Waals surface area contributed by atoms with Crippen LogP contribution in [0.3, 0.4) is 0 Å². The fourth-order valence-corrected chi connectivity index (χ4v) is 1.44. The molecule has 76 valence electrons. The third kappa shape index (κ3) is 3.32. The number of ether oxygens (including phenoxy) is 2. The van der Waals surface area contributed by atoms with Crippen molar-refractivity contribution in [1.82, 2.24) is 5.32 Å². The lowest BCUT2D eigenvalue weighted by Gasteiger charge is -2.19. The van der Waals surface area contributed by atoms with Gasteiger partial charge < -0.3 is 14.8 Å². The summed E-state index contributed by atoms with van der Waals surface area (Å²) in [6, 6.07) is 0.224. The molecule has 0 aliphatic carbocycles. The van der Waals surface area contributed by atoms with Gasteiger partial charge in [0.15, 0.2) is 0 Å². The number of nitrogens with one attached hydrogen (secondary N) is 1. The zero-order chi connectivity index (χ0) is 9.68. The molecular formula is C9H17NO3. The molecule has 1 saturated heterocycles. The average Bonchev–Trinajstić information content (AvgIpc) is 2.66. The van der Waals surface area contributed by atoms with E-state index in [4.69, 9.17) is 4.74 Å². The van der Waals surface area contributed by atoms with Gasteiger partial charge in [0.1, 0.15) is 0 Å². The van der Waals surface area contributed by atoms with Crippen molar-refractivity contribution in [1.29, 1.82) is 0 Å². The highest BCUT2D eigenvalue weighted by Gasteiger charge is 2.22. The summed E-state index contributed by atoms with van der Waals surface area (Å²) in [5.41, 5.74) is 0. The average molecular weight is 187 g/mol. The second-order valence-electron chi connectivity index (χ2n) is 3.30. The van der Waals surface area contributed by atoms with Crippen molar-refractivity contribution in [3.63, 3.8) is 0 Å². The number of methoxy groups -OCH3 is 1. The molecule has 0 aromatic rings. The Morgan fingerprint density at radius 2 is 2.54 bits per heavy atom. The molecule has 2 unspecified atom stereocenters. The fraction of sp³-hybridized carbons (Fsp3) is 0.889. The number of carbonyl (C=O) groups is 1. The van der Waals surface area contributed by atoms with E-state index in [1.165, 1.54) is 7.11 Å². The van der Waals surface area contributed by atoms with Crippen LogP contribution in [0.5, 0.6) is 0 Å². The van der Waals surface area contributed by atoms with Crippen molar-refractivity contribution in [3.8, 4) is 0 Å². The summed E-state index contributed by atoms with van der Waals surface area (Å²) in [5, 5.41) is 3.08. The van der Waals surface area contributed by atoms with Crippen molar-refractivity contribution in [3.05, 3.63) is 0 Å². The quantitative estimate of drug-likeness (QED) is 0.644.